The van der Waals surface area contributed by atoms with E-state index in [0.29, 0.717) is 13.2 Å². The van der Waals surface area contributed by atoms with Crippen LogP contribution in [-0.4, -0.2) is 34.8 Å². The van der Waals surface area contributed by atoms with Crippen molar-refractivity contribution < 1.29 is 14.6 Å². The number of para-hydroxylation sites is 1. The van der Waals surface area contributed by atoms with Crippen molar-refractivity contribution in [2.45, 2.75) is 32.0 Å². The van der Waals surface area contributed by atoms with Crippen molar-refractivity contribution >= 4 is 16.8 Å². The Bertz CT molecular complexity index is 629. The van der Waals surface area contributed by atoms with E-state index < -0.39 is 0 Å². The van der Waals surface area contributed by atoms with E-state index in [-0.39, 0.29) is 25.1 Å². The number of hydrogen-bond acceptors (Lipinski definition) is 3. The molecule has 3 rings (SSSR count). The number of fused-ring (bicyclic) bond motifs is 1. The number of benzene rings is 1. The van der Waals surface area contributed by atoms with E-state index in [1.807, 2.05) is 35.0 Å². The molecule has 5 heteroatoms. The van der Waals surface area contributed by atoms with Gasteiger partial charge in [-0.1, -0.05) is 18.2 Å². The van der Waals surface area contributed by atoms with Crippen LogP contribution in [0.15, 0.2) is 30.5 Å². The van der Waals surface area contributed by atoms with Crippen LogP contribution >= 0.6 is 0 Å². The highest BCUT2D eigenvalue weighted by Gasteiger charge is 2.17. The van der Waals surface area contributed by atoms with Crippen molar-refractivity contribution in [3.8, 4) is 0 Å². The fourth-order valence-electron chi connectivity index (χ4n) is 2.85. The maximum atomic E-state index is 12.2. The molecule has 1 aromatic heterocycles. The molecule has 1 aliphatic heterocycles. The summed E-state index contributed by atoms with van der Waals surface area (Å²) in [6.45, 7) is 1.69. The molecule has 1 fully saturated rings. The van der Waals surface area contributed by atoms with Crippen LogP contribution < -0.4 is 5.32 Å². The largest absolute Gasteiger partial charge is 0.392 e. The number of rotatable bonds is 4. The number of aliphatic hydroxyl groups is 1. The predicted octanol–water partition coefficient (Wildman–Crippen LogP) is 1.43. The lowest BCUT2D eigenvalue weighted by molar-refractivity contribution is -0.122. The molecule has 1 saturated heterocycles. The third-order valence-corrected chi connectivity index (χ3v) is 3.94. The van der Waals surface area contributed by atoms with Crippen LogP contribution in [0.5, 0.6) is 0 Å². The molecule has 0 atom stereocenters. The summed E-state index contributed by atoms with van der Waals surface area (Å²) in [5, 5.41) is 13.5. The van der Waals surface area contributed by atoms with Crippen LogP contribution in [0, 0.1) is 0 Å². The van der Waals surface area contributed by atoms with Crippen LogP contribution in [-0.2, 0) is 22.7 Å². The molecule has 1 amide bonds. The molecular weight excluding hydrogens is 268 g/mol. The van der Waals surface area contributed by atoms with Crippen molar-refractivity contribution in [2.75, 3.05) is 13.2 Å². The number of carbonyl (C=O) groups is 1. The van der Waals surface area contributed by atoms with Crippen molar-refractivity contribution in [1.82, 2.24) is 9.88 Å². The SMILES string of the molecule is O=C(Cn1cc(CO)c2ccccc21)NC1CCOCC1. The van der Waals surface area contributed by atoms with Gasteiger partial charge in [-0.15, -0.1) is 0 Å². The quantitative estimate of drug-likeness (QED) is 0.894. The molecule has 5 nitrogen and oxygen atoms in total. The molecule has 21 heavy (non-hydrogen) atoms. The highest BCUT2D eigenvalue weighted by molar-refractivity contribution is 5.86. The van der Waals surface area contributed by atoms with Gasteiger partial charge in [-0.2, -0.15) is 0 Å². The second kappa shape index (κ2) is 6.28. The first-order valence-electron chi connectivity index (χ1n) is 7.32. The zero-order chi connectivity index (χ0) is 14.7. The molecular formula is C16H20N2O3. The van der Waals surface area contributed by atoms with Crippen molar-refractivity contribution in [3.05, 3.63) is 36.0 Å². The zero-order valence-electron chi connectivity index (χ0n) is 11.9. The maximum Gasteiger partial charge on any atom is 0.240 e. The van der Waals surface area contributed by atoms with Crippen LogP contribution in [0.3, 0.4) is 0 Å². The van der Waals surface area contributed by atoms with Gasteiger partial charge >= 0.3 is 0 Å². The number of ether oxygens (including phenoxy) is 1. The van der Waals surface area contributed by atoms with E-state index in [1.165, 1.54) is 0 Å². The minimum atomic E-state index is -0.0188. The second-order valence-corrected chi connectivity index (χ2v) is 5.41. The van der Waals surface area contributed by atoms with Gasteiger partial charge in [0.05, 0.1) is 6.61 Å². The summed E-state index contributed by atoms with van der Waals surface area (Å²) in [5.74, 6) is 0.00661. The van der Waals surface area contributed by atoms with E-state index in [4.69, 9.17) is 4.74 Å². The molecule has 0 spiro atoms. The van der Waals surface area contributed by atoms with E-state index >= 15 is 0 Å². The number of nitrogens with zero attached hydrogens (tertiary/aromatic N) is 1. The summed E-state index contributed by atoms with van der Waals surface area (Å²) in [6, 6.07) is 8.03. The van der Waals surface area contributed by atoms with Gasteiger partial charge in [0, 0.05) is 41.9 Å². The average molecular weight is 288 g/mol. The third kappa shape index (κ3) is 3.09. The fourth-order valence-corrected chi connectivity index (χ4v) is 2.85. The lowest BCUT2D eigenvalue weighted by Crippen LogP contribution is -2.40. The normalized spacial score (nSPS) is 16.2. The number of carbonyl (C=O) groups excluding carboxylic acids is 1. The Labute approximate surface area is 123 Å². The van der Waals surface area contributed by atoms with Crippen LogP contribution in [0.25, 0.3) is 10.9 Å². The second-order valence-electron chi connectivity index (χ2n) is 5.41. The third-order valence-electron chi connectivity index (χ3n) is 3.94. The Morgan fingerprint density at radius 2 is 2.10 bits per heavy atom. The van der Waals surface area contributed by atoms with E-state index in [0.717, 1.165) is 29.3 Å². The van der Waals surface area contributed by atoms with E-state index in [1.54, 1.807) is 0 Å². The Kier molecular flexibility index (Phi) is 4.22. The highest BCUT2D eigenvalue weighted by atomic mass is 16.5. The maximum absolute atomic E-state index is 12.2. The summed E-state index contributed by atoms with van der Waals surface area (Å²) in [5.41, 5.74) is 1.83. The van der Waals surface area contributed by atoms with E-state index in [2.05, 4.69) is 5.32 Å². The number of nitrogens with one attached hydrogen (secondary N) is 1. The first-order chi connectivity index (χ1) is 10.3. The van der Waals surface area contributed by atoms with Crippen molar-refractivity contribution in [2.24, 2.45) is 0 Å². The van der Waals surface area contributed by atoms with Gasteiger partial charge in [-0.3, -0.25) is 4.79 Å². The topological polar surface area (TPSA) is 63.5 Å². The number of aliphatic hydroxyl groups excluding tert-OH is 1. The van der Waals surface area contributed by atoms with Gasteiger partial charge in [-0.05, 0) is 18.9 Å². The minimum Gasteiger partial charge on any atom is -0.392 e. The first-order valence-corrected chi connectivity index (χ1v) is 7.32. The monoisotopic (exact) mass is 288 g/mol. The molecule has 0 unspecified atom stereocenters. The summed E-state index contributed by atoms with van der Waals surface area (Å²) in [7, 11) is 0. The molecule has 1 aliphatic rings. The summed E-state index contributed by atoms with van der Waals surface area (Å²) >= 11 is 0. The Balaban J connectivity index is 1.73. The Morgan fingerprint density at radius 1 is 1.33 bits per heavy atom. The average Bonchev–Trinajstić information content (AvgIpc) is 2.86. The highest BCUT2D eigenvalue weighted by Crippen LogP contribution is 2.21. The van der Waals surface area contributed by atoms with Crippen molar-refractivity contribution in [3.63, 3.8) is 0 Å². The molecule has 112 valence electrons. The molecule has 0 saturated carbocycles. The van der Waals surface area contributed by atoms with Crippen LogP contribution in [0.1, 0.15) is 18.4 Å². The van der Waals surface area contributed by atoms with Gasteiger partial charge in [0.25, 0.3) is 0 Å². The number of aromatic nitrogens is 1. The molecule has 0 aliphatic carbocycles. The van der Waals surface area contributed by atoms with E-state index in [9.17, 15) is 9.90 Å². The number of hydrogen-bond donors (Lipinski definition) is 2. The lowest BCUT2D eigenvalue weighted by atomic mass is 10.1. The van der Waals surface area contributed by atoms with Gasteiger partial charge in [0.2, 0.25) is 5.91 Å². The van der Waals surface area contributed by atoms with Gasteiger partial charge in [0.1, 0.15) is 6.54 Å². The van der Waals surface area contributed by atoms with Crippen LogP contribution in [0.4, 0.5) is 0 Å². The summed E-state index contributed by atoms with van der Waals surface area (Å²) < 4.78 is 7.19. The fraction of sp³-hybridized carbons (Fsp3) is 0.438. The Morgan fingerprint density at radius 3 is 2.86 bits per heavy atom. The molecule has 1 aromatic carbocycles. The van der Waals surface area contributed by atoms with Gasteiger partial charge < -0.3 is 19.7 Å². The van der Waals surface area contributed by atoms with Crippen molar-refractivity contribution in [1.29, 1.82) is 0 Å². The smallest absolute Gasteiger partial charge is 0.240 e. The summed E-state index contributed by atoms with van der Waals surface area (Å²) in [4.78, 5) is 12.2. The lowest BCUT2D eigenvalue weighted by Gasteiger charge is -2.23. The van der Waals surface area contributed by atoms with Crippen LogP contribution in [0.2, 0.25) is 0 Å². The summed E-state index contributed by atoms with van der Waals surface area (Å²) in [6.07, 6.45) is 3.61. The predicted molar refractivity (Wildman–Crippen MR) is 79.8 cm³/mol. The minimum absolute atomic E-state index is 0.00661. The Hall–Kier alpha value is -1.85. The molecule has 2 heterocycles. The molecule has 2 N–H and O–H groups in total. The number of amides is 1. The zero-order valence-corrected chi connectivity index (χ0v) is 11.9. The molecule has 0 radical (unpaired) electrons. The van der Waals surface area contributed by atoms with Gasteiger partial charge in [0.15, 0.2) is 0 Å². The molecule has 2 aromatic rings. The van der Waals surface area contributed by atoms with Gasteiger partial charge in [-0.25, -0.2) is 0 Å². The molecule has 0 bridgehead atoms. The standard InChI is InChI=1S/C16H20N2O3/c19-11-12-9-18(15-4-2-1-3-14(12)15)10-16(20)17-13-5-7-21-8-6-13/h1-4,9,13,19H,5-8,10-11H2,(H,17,20). The first kappa shape index (κ1) is 14.1.